The first-order chi connectivity index (χ1) is 6.93. The molecule has 78 valence electrons. The van der Waals surface area contributed by atoms with Crippen molar-refractivity contribution in [3.8, 4) is 0 Å². The summed E-state index contributed by atoms with van der Waals surface area (Å²) in [6.07, 6.45) is 8.65. The molecule has 0 bridgehead atoms. The van der Waals surface area contributed by atoms with Crippen LogP contribution in [0, 0.1) is 0 Å². The van der Waals surface area contributed by atoms with Gasteiger partial charge in [-0.2, -0.15) is 0 Å². The molecule has 14 heavy (non-hydrogen) atoms. The van der Waals surface area contributed by atoms with E-state index < -0.39 is 0 Å². The lowest BCUT2D eigenvalue weighted by Crippen LogP contribution is -1.83. The monoisotopic (exact) mass is 209 g/mol. The predicted molar refractivity (Wildman–Crippen MR) is 63.7 cm³/mol. The van der Waals surface area contributed by atoms with E-state index in [2.05, 4.69) is 18.0 Å². The van der Waals surface area contributed by atoms with Crippen molar-refractivity contribution in [3.05, 3.63) is 24.4 Å². The van der Waals surface area contributed by atoms with E-state index in [1.54, 1.807) is 0 Å². The molecule has 0 aliphatic rings. The Hall–Kier alpha value is -0.500. The third-order valence-electron chi connectivity index (χ3n) is 2.14. The van der Waals surface area contributed by atoms with Crippen LogP contribution in [0.25, 0.3) is 0 Å². The predicted octanol–water partition coefficient (Wildman–Crippen LogP) is 4.14. The Labute approximate surface area is 91.3 Å². The van der Waals surface area contributed by atoms with Crippen molar-refractivity contribution in [2.75, 3.05) is 5.75 Å². The second kappa shape index (κ2) is 7.86. The minimum absolute atomic E-state index is 1.16. The first-order valence-electron chi connectivity index (χ1n) is 5.47. The molecule has 2 heteroatoms. The van der Waals surface area contributed by atoms with Crippen LogP contribution < -0.4 is 0 Å². The van der Waals surface area contributed by atoms with Crippen molar-refractivity contribution in [1.29, 1.82) is 0 Å². The molecule has 0 aliphatic heterocycles. The summed E-state index contributed by atoms with van der Waals surface area (Å²) in [7, 11) is 0. The Kier molecular flexibility index (Phi) is 6.50. The van der Waals surface area contributed by atoms with Gasteiger partial charge in [0.05, 0.1) is 5.03 Å². The lowest BCUT2D eigenvalue weighted by atomic mass is 10.2. The molecule has 0 N–H and O–H groups in total. The van der Waals surface area contributed by atoms with Crippen LogP contribution in [0.4, 0.5) is 0 Å². The summed E-state index contributed by atoms with van der Waals surface area (Å²) in [4.78, 5) is 4.28. The Bertz CT molecular complexity index is 223. The highest BCUT2D eigenvalue weighted by atomic mass is 32.2. The molecule has 0 radical (unpaired) electrons. The number of hydrogen-bond acceptors (Lipinski definition) is 2. The van der Waals surface area contributed by atoms with E-state index in [4.69, 9.17) is 0 Å². The molecule has 1 aromatic rings. The molecule has 1 heterocycles. The standard InChI is InChI=1S/C12H19NS/c1-2-3-4-5-8-11-14-12-9-6-7-10-13-12/h6-7,9-10H,2-5,8,11H2,1H3. The normalized spacial score (nSPS) is 10.4. The molecule has 0 aliphatic carbocycles. The van der Waals surface area contributed by atoms with E-state index in [9.17, 15) is 0 Å². The van der Waals surface area contributed by atoms with E-state index in [1.807, 2.05) is 30.1 Å². The minimum atomic E-state index is 1.16. The smallest absolute Gasteiger partial charge is 0.0959 e. The van der Waals surface area contributed by atoms with Gasteiger partial charge in [-0.25, -0.2) is 4.98 Å². The molecule has 0 aromatic carbocycles. The second-order valence-electron chi connectivity index (χ2n) is 3.43. The van der Waals surface area contributed by atoms with Crippen LogP contribution in [0.3, 0.4) is 0 Å². The number of rotatable bonds is 7. The molecule has 0 saturated carbocycles. The maximum atomic E-state index is 4.28. The van der Waals surface area contributed by atoms with Gasteiger partial charge >= 0.3 is 0 Å². The van der Waals surface area contributed by atoms with Crippen molar-refractivity contribution in [2.24, 2.45) is 0 Å². The molecule has 1 nitrogen and oxygen atoms in total. The number of hydrogen-bond donors (Lipinski definition) is 0. The fourth-order valence-corrected chi connectivity index (χ4v) is 2.18. The maximum Gasteiger partial charge on any atom is 0.0959 e. The van der Waals surface area contributed by atoms with E-state index >= 15 is 0 Å². The first-order valence-corrected chi connectivity index (χ1v) is 6.46. The molecule has 0 amide bonds. The van der Waals surface area contributed by atoms with Crippen LogP contribution in [-0.2, 0) is 0 Å². The summed E-state index contributed by atoms with van der Waals surface area (Å²) >= 11 is 1.87. The largest absolute Gasteiger partial charge is 0.250 e. The van der Waals surface area contributed by atoms with Gasteiger partial charge in [0.2, 0.25) is 0 Å². The van der Waals surface area contributed by atoms with Crippen LogP contribution >= 0.6 is 11.8 Å². The second-order valence-corrected chi connectivity index (χ2v) is 4.55. The zero-order valence-electron chi connectivity index (χ0n) is 8.91. The van der Waals surface area contributed by atoms with Gasteiger partial charge < -0.3 is 0 Å². The van der Waals surface area contributed by atoms with E-state index in [-0.39, 0.29) is 0 Å². The molecular weight excluding hydrogens is 190 g/mol. The van der Waals surface area contributed by atoms with Gasteiger partial charge in [-0.1, -0.05) is 38.7 Å². The highest BCUT2D eigenvalue weighted by molar-refractivity contribution is 7.99. The average molecular weight is 209 g/mol. The number of thioether (sulfide) groups is 1. The summed E-state index contributed by atoms with van der Waals surface area (Å²) in [5, 5.41) is 1.16. The Balaban J connectivity index is 1.99. The molecular formula is C12H19NS. The Morgan fingerprint density at radius 2 is 2.00 bits per heavy atom. The SMILES string of the molecule is CCCCCCCSc1ccccn1. The van der Waals surface area contributed by atoms with E-state index in [0.717, 1.165) is 5.03 Å². The zero-order chi connectivity index (χ0) is 10.1. The highest BCUT2D eigenvalue weighted by Gasteiger charge is 1.93. The van der Waals surface area contributed by atoms with Gasteiger partial charge in [-0.15, -0.1) is 11.8 Å². The molecule has 1 rings (SSSR count). The molecule has 1 aromatic heterocycles. The number of unbranched alkanes of at least 4 members (excludes halogenated alkanes) is 4. The van der Waals surface area contributed by atoms with Crippen molar-refractivity contribution in [3.63, 3.8) is 0 Å². The molecule has 0 spiro atoms. The van der Waals surface area contributed by atoms with Gasteiger partial charge in [-0.3, -0.25) is 0 Å². The summed E-state index contributed by atoms with van der Waals surface area (Å²) in [5.41, 5.74) is 0. The molecule has 0 saturated heterocycles. The van der Waals surface area contributed by atoms with Gasteiger partial charge in [-0.05, 0) is 24.3 Å². The lowest BCUT2D eigenvalue weighted by molar-refractivity contribution is 0.659. The molecule has 0 atom stereocenters. The maximum absolute atomic E-state index is 4.28. The fourth-order valence-electron chi connectivity index (χ4n) is 1.31. The molecule has 0 unspecified atom stereocenters. The summed E-state index contributed by atoms with van der Waals surface area (Å²) < 4.78 is 0. The topological polar surface area (TPSA) is 12.9 Å². The van der Waals surface area contributed by atoms with Crippen molar-refractivity contribution in [1.82, 2.24) is 4.98 Å². The number of pyridine rings is 1. The van der Waals surface area contributed by atoms with Crippen LogP contribution in [0.5, 0.6) is 0 Å². The van der Waals surface area contributed by atoms with E-state index in [0.29, 0.717) is 0 Å². The van der Waals surface area contributed by atoms with Crippen LogP contribution in [0.1, 0.15) is 39.0 Å². The Morgan fingerprint density at radius 1 is 1.14 bits per heavy atom. The third-order valence-corrected chi connectivity index (χ3v) is 3.17. The summed E-state index contributed by atoms with van der Waals surface area (Å²) in [6, 6.07) is 6.09. The molecule has 0 fully saturated rings. The van der Waals surface area contributed by atoms with Crippen molar-refractivity contribution < 1.29 is 0 Å². The van der Waals surface area contributed by atoms with Crippen molar-refractivity contribution in [2.45, 2.75) is 44.1 Å². The Morgan fingerprint density at radius 3 is 2.71 bits per heavy atom. The minimum Gasteiger partial charge on any atom is -0.250 e. The lowest BCUT2D eigenvalue weighted by Gasteiger charge is -2.00. The third kappa shape index (κ3) is 5.28. The van der Waals surface area contributed by atoms with E-state index in [1.165, 1.54) is 37.9 Å². The van der Waals surface area contributed by atoms with Gasteiger partial charge in [0.15, 0.2) is 0 Å². The summed E-state index contributed by atoms with van der Waals surface area (Å²) in [6.45, 7) is 2.25. The summed E-state index contributed by atoms with van der Waals surface area (Å²) in [5.74, 6) is 1.21. The van der Waals surface area contributed by atoms with Crippen molar-refractivity contribution >= 4 is 11.8 Å². The fraction of sp³-hybridized carbons (Fsp3) is 0.583. The van der Waals surface area contributed by atoms with Gasteiger partial charge in [0.1, 0.15) is 0 Å². The van der Waals surface area contributed by atoms with Crippen LogP contribution in [-0.4, -0.2) is 10.7 Å². The van der Waals surface area contributed by atoms with Gasteiger partial charge in [0.25, 0.3) is 0 Å². The number of aromatic nitrogens is 1. The van der Waals surface area contributed by atoms with Crippen LogP contribution in [0.15, 0.2) is 29.4 Å². The quantitative estimate of drug-likeness (QED) is 0.494. The highest BCUT2D eigenvalue weighted by Crippen LogP contribution is 2.16. The van der Waals surface area contributed by atoms with Gasteiger partial charge in [0, 0.05) is 6.20 Å². The number of nitrogens with zero attached hydrogens (tertiary/aromatic N) is 1. The average Bonchev–Trinajstić information content (AvgIpc) is 2.25. The first kappa shape index (κ1) is 11.6. The van der Waals surface area contributed by atoms with Crippen LogP contribution in [0.2, 0.25) is 0 Å². The zero-order valence-corrected chi connectivity index (χ0v) is 9.72.